The first-order chi connectivity index (χ1) is 16.3. The van der Waals surface area contributed by atoms with Gasteiger partial charge in [-0.25, -0.2) is 9.97 Å². The Hall–Kier alpha value is -3.39. The molecule has 2 aromatic carbocycles. The molecule has 1 aromatic heterocycles. The predicted molar refractivity (Wildman–Crippen MR) is 137 cm³/mol. The molecule has 3 aromatic rings. The highest BCUT2D eigenvalue weighted by atomic mass is 16.5. The summed E-state index contributed by atoms with van der Waals surface area (Å²) in [7, 11) is 0. The third-order valence-electron chi connectivity index (χ3n) is 6.03. The van der Waals surface area contributed by atoms with E-state index in [1.165, 1.54) is 0 Å². The fraction of sp³-hybridized carbons (Fsp3) is 0.423. The van der Waals surface area contributed by atoms with Crippen LogP contribution in [-0.4, -0.2) is 52.1 Å². The van der Waals surface area contributed by atoms with Crippen molar-refractivity contribution in [3.8, 4) is 5.75 Å². The molecule has 0 unspecified atom stereocenters. The van der Waals surface area contributed by atoms with E-state index < -0.39 is 0 Å². The Bertz CT molecular complexity index is 1140. The maximum atomic E-state index is 12.1. The molecule has 8 heteroatoms. The number of piperidine rings is 1. The Balaban J connectivity index is 1.46. The SMILES string of the molecule is CC(C)NC(=O)c1ccc(Nc2ncc3cc(N)c(OC4CCN(C(C)C)CC4)cc3n2)cc1. The van der Waals surface area contributed by atoms with Gasteiger partial charge in [0.05, 0.1) is 11.2 Å². The molecule has 1 aliphatic heterocycles. The minimum Gasteiger partial charge on any atom is -0.488 e. The Kier molecular flexibility index (Phi) is 7.17. The molecule has 34 heavy (non-hydrogen) atoms. The van der Waals surface area contributed by atoms with Crippen molar-refractivity contribution in [2.24, 2.45) is 0 Å². The fourth-order valence-corrected chi connectivity index (χ4v) is 4.11. The number of ether oxygens (including phenoxy) is 1. The zero-order valence-electron chi connectivity index (χ0n) is 20.3. The van der Waals surface area contributed by atoms with Crippen molar-refractivity contribution in [3.05, 3.63) is 48.2 Å². The van der Waals surface area contributed by atoms with Gasteiger partial charge in [0, 0.05) is 54.1 Å². The summed E-state index contributed by atoms with van der Waals surface area (Å²) in [5, 5.41) is 6.94. The smallest absolute Gasteiger partial charge is 0.251 e. The highest BCUT2D eigenvalue weighted by Gasteiger charge is 2.23. The van der Waals surface area contributed by atoms with Crippen LogP contribution in [0.2, 0.25) is 0 Å². The zero-order valence-corrected chi connectivity index (χ0v) is 20.3. The van der Waals surface area contributed by atoms with E-state index in [0.29, 0.717) is 29.0 Å². The predicted octanol–water partition coefficient (Wildman–Crippen LogP) is 4.35. The van der Waals surface area contributed by atoms with Crippen LogP contribution in [0.4, 0.5) is 17.3 Å². The largest absolute Gasteiger partial charge is 0.488 e. The van der Waals surface area contributed by atoms with Crippen molar-refractivity contribution in [2.75, 3.05) is 24.1 Å². The summed E-state index contributed by atoms with van der Waals surface area (Å²) in [6.45, 7) is 10.4. The van der Waals surface area contributed by atoms with Gasteiger partial charge in [-0.2, -0.15) is 0 Å². The third kappa shape index (κ3) is 5.75. The molecule has 1 aliphatic rings. The van der Waals surface area contributed by atoms with Crippen molar-refractivity contribution < 1.29 is 9.53 Å². The average Bonchev–Trinajstić information content (AvgIpc) is 2.80. The second-order valence-corrected chi connectivity index (χ2v) is 9.42. The van der Waals surface area contributed by atoms with Crippen molar-refractivity contribution >= 4 is 34.1 Å². The molecule has 1 amide bonds. The van der Waals surface area contributed by atoms with Crippen molar-refractivity contribution in [3.63, 3.8) is 0 Å². The Morgan fingerprint density at radius 2 is 1.82 bits per heavy atom. The normalized spacial score (nSPS) is 15.1. The summed E-state index contributed by atoms with van der Waals surface area (Å²) < 4.78 is 6.27. The molecular formula is C26H34N6O2. The van der Waals surface area contributed by atoms with Gasteiger partial charge >= 0.3 is 0 Å². The second-order valence-electron chi connectivity index (χ2n) is 9.42. The van der Waals surface area contributed by atoms with E-state index in [0.717, 1.165) is 42.5 Å². The Morgan fingerprint density at radius 1 is 1.12 bits per heavy atom. The monoisotopic (exact) mass is 462 g/mol. The van der Waals surface area contributed by atoms with Crippen LogP contribution in [0.25, 0.3) is 10.9 Å². The number of hydrogen-bond donors (Lipinski definition) is 3. The minimum absolute atomic E-state index is 0.0899. The van der Waals surface area contributed by atoms with Crippen LogP contribution >= 0.6 is 0 Å². The number of hydrogen-bond acceptors (Lipinski definition) is 7. The lowest BCUT2D eigenvalue weighted by atomic mass is 10.1. The van der Waals surface area contributed by atoms with Crippen LogP contribution in [0.3, 0.4) is 0 Å². The molecule has 1 fully saturated rings. The molecule has 0 aliphatic carbocycles. The van der Waals surface area contributed by atoms with Gasteiger partial charge in [-0.3, -0.25) is 4.79 Å². The fourth-order valence-electron chi connectivity index (χ4n) is 4.11. The van der Waals surface area contributed by atoms with Crippen LogP contribution < -0.4 is 21.1 Å². The molecule has 0 radical (unpaired) electrons. The van der Waals surface area contributed by atoms with Crippen LogP contribution in [0.15, 0.2) is 42.6 Å². The molecular weight excluding hydrogens is 428 g/mol. The average molecular weight is 463 g/mol. The van der Waals surface area contributed by atoms with E-state index in [1.54, 1.807) is 18.3 Å². The molecule has 180 valence electrons. The van der Waals surface area contributed by atoms with Gasteiger partial charge in [0.25, 0.3) is 5.91 Å². The summed E-state index contributed by atoms with van der Waals surface area (Å²) in [4.78, 5) is 23.7. The van der Waals surface area contributed by atoms with E-state index in [2.05, 4.69) is 39.3 Å². The second kappa shape index (κ2) is 10.3. The van der Waals surface area contributed by atoms with E-state index in [4.69, 9.17) is 10.5 Å². The number of nitrogen functional groups attached to an aromatic ring is 1. The lowest BCUT2D eigenvalue weighted by Crippen LogP contribution is -2.41. The number of carbonyl (C=O) groups excluding carboxylic acids is 1. The number of aromatic nitrogens is 2. The molecule has 8 nitrogen and oxygen atoms in total. The molecule has 1 saturated heterocycles. The lowest BCUT2D eigenvalue weighted by molar-refractivity contribution is 0.0849. The number of nitrogens with zero attached hydrogens (tertiary/aromatic N) is 3. The quantitative estimate of drug-likeness (QED) is 0.448. The van der Waals surface area contributed by atoms with Crippen molar-refractivity contribution in [2.45, 2.75) is 58.7 Å². The number of rotatable bonds is 7. The van der Waals surface area contributed by atoms with Gasteiger partial charge in [-0.05, 0) is 70.9 Å². The zero-order chi connectivity index (χ0) is 24.2. The topological polar surface area (TPSA) is 105 Å². The summed E-state index contributed by atoms with van der Waals surface area (Å²) in [5.74, 6) is 1.04. The third-order valence-corrected chi connectivity index (χ3v) is 6.03. The molecule has 4 rings (SSSR count). The van der Waals surface area contributed by atoms with Crippen LogP contribution in [0.5, 0.6) is 5.75 Å². The first-order valence-electron chi connectivity index (χ1n) is 11.9. The van der Waals surface area contributed by atoms with Gasteiger partial charge in [0.15, 0.2) is 0 Å². The standard InChI is InChI=1S/C26H34N6O2/c1-16(2)29-25(33)18-5-7-20(8-6-18)30-26-28-15-19-13-22(27)24(14-23(19)31-26)34-21-9-11-32(12-10-21)17(3)4/h5-8,13-17,21H,9-12,27H2,1-4H3,(H,29,33)(H,28,30,31). The summed E-state index contributed by atoms with van der Waals surface area (Å²) in [6, 6.07) is 11.6. The van der Waals surface area contributed by atoms with Crippen molar-refractivity contribution in [1.82, 2.24) is 20.2 Å². The van der Waals surface area contributed by atoms with E-state index in [1.807, 2.05) is 38.1 Å². The van der Waals surface area contributed by atoms with Gasteiger partial charge in [-0.15, -0.1) is 0 Å². The van der Waals surface area contributed by atoms with E-state index in [9.17, 15) is 4.79 Å². The van der Waals surface area contributed by atoms with Gasteiger partial charge in [0.1, 0.15) is 11.9 Å². The number of nitrogens with two attached hydrogens (primary N) is 1. The Labute approximate surface area is 200 Å². The molecule has 4 N–H and O–H groups in total. The number of nitrogens with one attached hydrogen (secondary N) is 2. The number of fused-ring (bicyclic) bond motifs is 1. The highest BCUT2D eigenvalue weighted by molar-refractivity contribution is 5.94. The van der Waals surface area contributed by atoms with E-state index >= 15 is 0 Å². The van der Waals surface area contributed by atoms with Gasteiger partial charge in [-0.1, -0.05) is 0 Å². The van der Waals surface area contributed by atoms with Crippen LogP contribution in [-0.2, 0) is 0 Å². The summed E-state index contributed by atoms with van der Waals surface area (Å²) in [6.07, 6.45) is 3.87. The molecule has 0 atom stereocenters. The molecule has 2 heterocycles. The van der Waals surface area contributed by atoms with E-state index in [-0.39, 0.29) is 18.1 Å². The molecule has 0 spiro atoms. The number of likely N-dealkylation sites (tertiary alicyclic amines) is 1. The lowest BCUT2D eigenvalue weighted by Gasteiger charge is -2.34. The maximum Gasteiger partial charge on any atom is 0.251 e. The first kappa shape index (κ1) is 23.8. The van der Waals surface area contributed by atoms with Crippen LogP contribution in [0, 0.1) is 0 Å². The molecule has 0 saturated carbocycles. The van der Waals surface area contributed by atoms with Crippen LogP contribution in [0.1, 0.15) is 50.9 Å². The number of benzene rings is 2. The summed E-state index contributed by atoms with van der Waals surface area (Å²) >= 11 is 0. The summed E-state index contributed by atoms with van der Waals surface area (Å²) in [5.41, 5.74) is 9.03. The highest BCUT2D eigenvalue weighted by Crippen LogP contribution is 2.30. The minimum atomic E-state index is -0.0940. The van der Waals surface area contributed by atoms with Crippen molar-refractivity contribution in [1.29, 1.82) is 0 Å². The number of amides is 1. The number of anilines is 3. The molecule has 0 bridgehead atoms. The first-order valence-corrected chi connectivity index (χ1v) is 11.9. The number of carbonyl (C=O) groups is 1. The Morgan fingerprint density at radius 3 is 2.47 bits per heavy atom. The maximum absolute atomic E-state index is 12.1. The van der Waals surface area contributed by atoms with Gasteiger partial charge < -0.3 is 26.0 Å². The van der Waals surface area contributed by atoms with Gasteiger partial charge in [0.2, 0.25) is 5.95 Å².